The van der Waals surface area contributed by atoms with Gasteiger partial charge in [0, 0.05) is 18.5 Å². The fourth-order valence-corrected chi connectivity index (χ4v) is 6.54. The Bertz CT molecular complexity index is 1360. The molecule has 3 aromatic rings. The van der Waals surface area contributed by atoms with Gasteiger partial charge in [-0.05, 0) is 56.2 Å². The molecule has 0 radical (unpaired) electrons. The Hall–Kier alpha value is -3.11. The van der Waals surface area contributed by atoms with Crippen molar-refractivity contribution in [1.82, 2.24) is 9.88 Å². The fraction of sp³-hybridized carbons (Fsp3) is 0.333. The lowest BCUT2D eigenvalue weighted by Crippen LogP contribution is -2.46. The van der Waals surface area contributed by atoms with Crippen LogP contribution in [-0.2, 0) is 11.3 Å². The molecule has 0 saturated carbocycles. The van der Waals surface area contributed by atoms with E-state index in [0.29, 0.717) is 18.0 Å². The maximum absolute atomic E-state index is 11.9. The second kappa shape index (κ2) is 9.08. The van der Waals surface area contributed by atoms with E-state index in [9.17, 15) is 19.0 Å². The third kappa shape index (κ3) is 4.55. The molecule has 190 valence electrons. The van der Waals surface area contributed by atoms with Crippen LogP contribution in [0.3, 0.4) is 0 Å². The van der Waals surface area contributed by atoms with E-state index < -0.39 is 28.4 Å². The van der Waals surface area contributed by atoms with Crippen LogP contribution in [0.4, 0.5) is 10.6 Å². The number of benzene rings is 2. The number of rotatable bonds is 3. The highest BCUT2D eigenvalue weighted by Crippen LogP contribution is 2.51. The summed E-state index contributed by atoms with van der Waals surface area (Å²) in [5.41, 5.74) is 2.81. The molecular formula is C27H31N3O5S. The number of amides is 1. The molecule has 1 atom stereocenters. The molecule has 9 heteroatoms. The molecule has 1 fully saturated rings. The molecule has 36 heavy (non-hydrogen) atoms. The molecule has 3 N–H and O–H groups in total. The number of pyridine rings is 1. The molecule has 0 unspecified atom stereocenters. The second-order valence-corrected chi connectivity index (χ2v) is 12.0. The summed E-state index contributed by atoms with van der Waals surface area (Å²) in [6.07, 6.45) is 2.79. The van der Waals surface area contributed by atoms with E-state index in [2.05, 4.69) is 11.0 Å². The molecule has 5 rings (SSSR count). The van der Waals surface area contributed by atoms with Crippen LogP contribution in [0.25, 0.3) is 17.0 Å². The molecule has 2 aromatic carbocycles. The first-order chi connectivity index (χ1) is 17.0. The number of carbonyl (C=O) groups is 1. The van der Waals surface area contributed by atoms with Crippen LogP contribution in [0, 0.1) is 6.92 Å². The molecule has 1 amide bonds. The Morgan fingerprint density at radius 2 is 1.97 bits per heavy atom. The van der Waals surface area contributed by atoms with Crippen LogP contribution >= 0.6 is 10.6 Å². The summed E-state index contributed by atoms with van der Waals surface area (Å²) in [5, 5.41) is 10.7. The zero-order valence-electron chi connectivity index (χ0n) is 20.6. The molecule has 3 heterocycles. The van der Waals surface area contributed by atoms with Gasteiger partial charge in [-0.3, -0.25) is 14.0 Å². The van der Waals surface area contributed by atoms with E-state index in [4.69, 9.17) is 9.72 Å². The largest absolute Gasteiger partial charge is 0.465 e. The number of aromatic nitrogens is 1. The summed E-state index contributed by atoms with van der Waals surface area (Å²) in [5.74, 6) is 0.959. The molecule has 1 saturated heterocycles. The minimum Gasteiger partial charge on any atom is -0.465 e. The number of hydrogen-bond donors (Lipinski definition) is 3. The van der Waals surface area contributed by atoms with Crippen molar-refractivity contribution in [2.24, 2.45) is 0 Å². The molecule has 0 spiro atoms. The number of hydrogen-bond acceptors (Lipinski definition) is 6. The topological polar surface area (TPSA) is 106 Å². The van der Waals surface area contributed by atoms with Crippen molar-refractivity contribution >= 4 is 39.5 Å². The lowest BCUT2D eigenvalue weighted by atomic mass is 10.0. The average molecular weight is 510 g/mol. The van der Waals surface area contributed by atoms with Gasteiger partial charge in [0.25, 0.3) is 0 Å². The van der Waals surface area contributed by atoms with Gasteiger partial charge in [0.15, 0.2) is 0 Å². The molecule has 1 aromatic heterocycles. The van der Waals surface area contributed by atoms with Gasteiger partial charge in [-0.15, -0.1) is 0 Å². The Balaban J connectivity index is 1.55. The van der Waals surface area contributed by atoms with Crippen molar-refractivity contribution in [3.8, 4) is 0 Å². The maximum Gasteiger partial charge on any atom is 0.410 e. The molecule has 0 aliphatic carbocycles. The van der Waals surface area contributed by atoms with Crippen LogP contribution in [0.2, 0.25) is 0 Å². The molecule has 2 aliphatic rings. The Kier molecular flexibility index (Phi) is 6.20. The van der Waals surface area contributed by atoms with E-state index in [0.717, 1.165) is 33.4 Å². The van der Waals surface area contributed by atoms with Gasteiger partial charge in [-0.1, -0.05) is 42.0 Å². The van der Waals surface area contributed by atoms with E-state index >= 15 is 0 Å². The molecule has 2 aliphatic heterocycles. The highest BCUT2D eigenvalue weighted by molar-refractivity contribution is 8.24. The van der Waals surface area contributed by atoms with Gasteiger partial charge in [-0.2, -0.15) is 10.6 Å². The third-order valence-electron chi connectivity index (χ3n) is 6.86. The van der Waals surface area contributed by atoms with Gasteiger partial charge in [-0.25, -0.2) is 9.78 Å². The average Bonchev–Trinajstić information content (AvgIpc) is 3.06. The standard InChI is InChI=1S/C27H31N3O5S/c1-18-8-11-23-22(14-18)19(9-10-21-17-35-27(2,3)30(21)26(31)32)15-25(28-23)29-12-13-36(33,34)24-7-5-4-6-20(24)16-29/h4-11,14-15,21,33-34H,12-13,16-17H2,1-3H3,(H,31,32)/t21-/m1/s1. The van der Waals surface area contributed by atoms with E-state index in [-0.39, 0.29) is 12.4 Å². The third-order valence-corrected chi connectivity index (χ3v) is 8.72. The zero-order valence-corrected chi connectivity index (χ0v) is 21.4. The Morgan fingerprint density at radius 1 is 1.19 bits per heavy atom. The van der Waals surface area contributed by atoms with Gasteiger partial charge >= 0.3 is 6.09 Å². The van der Waals surface area contributed by atoms with Gasteiger partial charge in [0.05, 0.1) is 28.8 Å². The number of nitrogens with zero attached hydrogens (tertiary/aromatic N) is 3. The smallest absolute Gasteiger partial charge is 0.410 e. The second-order valence-electron chi connectivity index (χ2n) is 9.83. The zero-order chi connectivity index (χ0) is 25.7. The van der Waals surface area contributed by atoms with Crippen LogP contribution in [0.5, 0.6) is 0 Å². The highest BCUT2D eigenvalue weighted by atomic mass is 32.3. The lowest BCUT2D eigenvalue weighted by molar-refractivity contribution is -0.0409. The van der Waals surface area contributed by atoms with Crippen LogP contribution in [-0.4, -0.2) is 60.9 Å². The summed E-state index contributed by atoms with van der Waals surface area (Å²) in [6, 6.07) is 15.1. The first-order valence-corrected chi connectivity index (χ1v) is 13.6. The molecule has 8 nitrogen and oxygen atoms in total. The number of ether oxygens (including phenoxy) is 1. The maximum atomic E-state index is 11.9. The Labute approximate surface area is 212 Å². The lowest BCUT2D eigenvalue weighted by Gasteiger charge is -2.32. The number of fused-ring (bicyclic) bond motifs is 2. The number of aryl methyl sites for hydroxylation is 1. The van der Waals surface area contributed by atoms with E-state index in [1.165, 1.54) is 4.90 Å². The number of carboxylic acid groups (broad SMARTS) is 1. The Morgan fingerprint density at radius 3 is 2.75 bits per heavy atom. The quantitative estimate of drug-likeness (QED) is 0.410. The predicted molar refractivity (Wildman–Crippen MR) is 143 cm³/mol. The van der Waals surface area contributed by atoms with Crippen LogP contribution in [0.15, 0.2) is 59.5 Å². The van der Waals surface area contributed by atoms with Crippen molar-refractivity contribution < 1.29 is 23.7 Å². The van der Waals surface area contributed by atoms with Gasteiger partial charge in [0.2, 0.25) is 0 Å². The first-order valence-electron chi connectivity index (χ1n) is 11.9. The summed E-state index contributed by atoms with van der Waals surface area (Å²) in [4.78, 5) is 20.8. The number of anilines is 1. The van der Waals surface area contributed by atoms with Crippen molar-refractivity contribution in [3.05, 3.63) is 71.3 Å². The van der Waals surface area contributed by atoms with Crippen LogP contribution in [0.1, 0.15) is 30.5 Å². The van der Waals surface area contributed by atoms with Crippen molar-refractivity contribution in [3.63, 3.8) is 0 Å². The summed E-state index contributed by atoms with van der Waals surface area (Å²) in [7, 11) is -2.88. The van der Waals surface area contributed by atoms with E-state index in [1.807, 2.05) is 55.5 Å². The van der Waals surface area contributed by atoms with Gasteiger partial charge in [0.1, 0.15) is 11.5 Å². The fourth-order valence-electron chi connectivity index (χ4n) is 4.99. The summed E-state index contributed by atoms with van der Waals surface area (Å²) >= 11 is 0. The van der Waals surface area contributed by atoms with Crippen LogP contribution < -0.4 is 4.90 Å². The predicted octanol–water partition coefficient (Wildman–Crippen LogP) is 5.80. The SMILES string of the molecule is Cc1ccc2nc(N3CCS(O)(O)c4ccccc4C3)cc(C=C[C@@H]3COC(C)(C)N3C(=O)O)c2c1. The van der Waals surface area contributed by atoms with Crippen molar-refractivity contribution in [2.75, 3.05) is 23.8 Å². The minimum absolute atomic E-state index is 0.227. The summed E-state index contributed by atoms with van der Waals surface area (Å²) in [6.45, 7) is 6.76. The van der Waals surface area contributed by atoms with E-state index in [1.54, 1.807) is 19.9 Å². The molecular weight excluding hydrogens is 478 g/mol. The van der Waals surface area contributed by atoms with Crippen molar-refractivity contribution in [1.29, 1.82) is 0 Å². The first kappa shape index (κ1) is 24.6. The normalized spacial score (nSPS) is 22.0. The molecule has 0 bridgehead atoms. The summed E-state index contributed by atoms with van der Waals surface area (Å²) < 4.78 is 27.3. The van der Waals surface area contributed by atoms with Crippen molar-refractivity contribution in [2.45, 2.75) is 44.0 Å². The minimum atomic E-state index is -2.88. The van der Waals surface area contributed by atoms with Gasteiger partial charge < -0.3 is 14.7 Å². The monoisotopic (exact) mass is 509 g/mol. The highest BCUT2D eigenvalue weighted by Gasteiger charge is 2.42.